The Balaban J connectivity index is 2.89. The Morgan fingerprint density at radius 1 is 1.21 bits per heavy atom. The van der Waals surface area contributed by atoms with E-state index in [4.69, 9.17) is 14.2 Å². The molecule has 0 unspecified atom stereocenters. The molecule has 0 bridgehead atoms. The van der Waals surface area contributed by atoms with Crippen LogP contribution < -0.4 is 5.32 Å². The van der Waals surface area contributed by atoms with Crippen LogP contribution in [0, 0.1) is 5.92 Å². The van der Waals surface area contributed by atoms with Gasteiger partial charge in [-0.25, -0.2) is 4.79 Å². The van der Waals surface area contributed by atoms with Gasteiger partial charge in [0.25, 0.3) is 0 Å². The number of hydrogen-bond donors (Lipinski definition) is 2. The molecule has 3 atom stereocenters. The number of ether oxygens (including phenoxy) is 3. The van der Waals surface area contributed by atoms with Gasteiger partial charge in [-0.1, -0.05) is 0 Å². The number of carboxylic acid groups (broad SMARTS) is 1. The molecule has 1 rings (SSSR count). The molecule has 9 nitrogen and oxygen atoms in total. The van der Waals surface area contributed by atoms with Crippen LogP contribution in [-0.4, -0.2) is 60.9 Å². The number of aliphatic carboxylic acids is 1. The Hall–Kier alpha value is -2.16. The quantitative estimate of drug-likeness (QED) is 0.553. The minimum atomic E-state index is -1.61. The van der Waals surface area contributed by atoms with Crippen LogP contribution in [0.5, 0.6) is 0 Å². The second-order valence-corrected chi connectivity index (χ2v) is 5.19. The van der Waals surface area contributed by atoms with Gasteiger partial charge in [0.05, 0.1) is 25.6 Å². The van der Waals surface area contributed by atoms with Gasteiger partial charge in [-0.15, -0.1) is 0 Å². The second kappa shape index (κ2) is 9.86. The van der Waals surface area contributed by atoms with Crippen LogP contribution >= 0.6 is 0 Å². The molecule has 0 saturated carbocycles. The zero-order valence-corrected chi connectivity index (χ0v) is 13.8. The first-order valence-electron chi connectivity index (χ1n) is 7.87. The van der Waals surface area contributed by atoms with Crippen molar-refractivity contribution >= 4 is 23.8 Å². The topological polar surface area (TPSA) is 128 Å². The number of hydrogen-bond acceptors (Lipinski definition) is 7. The van der Waals surface area contributed by atoms with E-state index in [-0.39, 0.29) is 13.2 Å². The maximum Gasteiger partial charge on any atom is 0.327 e. The van der Waals surface area contributed by atoms with Crippen molar-refractivity contribution in [2.75, 3.05) is 19.8 Å². The number of nitrogens with one attached hydrogen (secondary N) is 1. The smallest absolute Gasteiger partial charge is 0.327 e. The Morgan fingerprint density at radius 2 is 1.88 bits per heavy atom. The number of carboxylic acids is 1. The summed E-state index contributed by atoms with van der Waals surface area (Å²) >= 11 is 0. The molecule has 9 heteroatoms. The van der Waals surface area contributed by atoms with E-state index in [9.17, 15) is 24.3 Å². The maximum atomic E-state index is 12.1. The number of esters is 2. The maximum absolute atomic E-state index is 12.1. The Bertz CT molecular complexity index is 472. The highest BCUT2D eigenvalue weighted by molar-refractivity contribution is 5.91. The van der Waals surface area contributed by atoms with Crippen molar-refractivity contribution in [3.05, 3.63) is 0 Å². The van der Waals surface area contributed by atoms with E-state index in [0.717, 1.165) is 0 Å². The van der Waals surface area contributed by atoms with Crippen molar-refractivity contribution in [3.8, 4) is 0 Å². The van der Waals surface area contributed by atoms with Gasteiger partial charge in [0, 0.05) is 6.61 Å². The van der Waals surface area contributed by atoms with Crippen LogP contribution in [0.25, 0.3) is 0 Å². The summed E-state index contributed by atoms with van der Waals surface area (Å²) in [6.07, 6.45) is -0.0903. The summed E-state index contributed by atoms with van der Waals surface area (Å²) in [5.41, 5.74) is 0. The van der Waals surface area contributed by atoms with Gasteiger partial charge in [0.2, 0.25) is 5.91 Å². The SMILES string of the molecule is CCOC(=O)C[C@@H](C(=O)OCC)[C@H](NC(=O)[C@@H]1CCCO1)C(=O)O. The van der Waals surface area contributed by atoms with Gasteiger partial charge in [0.1, 0.15) is 12.1 Å². The Kier molecular flexibility index (Phi) is 8.17. The number of carbonyl (C=O) groups is 4. The fourth-order valence-electron chi connectivity index (χ4n) is 2.35. The van der Waals surface area contributed by atoms with Gasteiger partial charge >= 0.3 is 17.9 Å². The molecule has 2 N–H and O–H groups in total. The van der Waals surface area contributed by atoms with Crippen LogP contribution in [0.4, 0.5) is 0 Å². The first kappa shape index (κ1) is 19.9. The first-order valence-corrected chi connectivity index (χ1v) is 7.87. The molecule has 0 aromatic rings. The number of amides is 1. The zero-order chi connectivity index (χ0) is 18.1. The molecule has 1 heterocycles. The van der Waals surface area contributed by atoms with Crippen molar-refractivity contribution < 1.29 is 38.5 Å². The zero-order valence-electron chi connectivity index (χ0n) is 13.8. The van der Waals surface area contributed by atoms with Crippen LogP contribution in [0.3, 0.4) is 0 Å². The van der Waals surface area contributed by atoms with Crippen LogP contribution in [0.2, 0.25) is 0 Å². The lowest BCUT2D eigenvalue weighted by atomic mass is 9.95. The van der Waals surface area contributed by atoms with Crippen molar-refractivity contribution in [2.45, 2.75) is 45.3 Å². The molecule has 1 aliphatic heterocycles. The fourth-order valence-corrected chi connectivity index (χ4v) is 2.35. The van der Waals surface area contributed by atoms with Gasteiger partial charge in [0.15, 0.2) is 0 Å². The van der Waals surface area contributed by atoms with Gasteiger partial charge < -0.3 is 24.6 Å². The summed E-state index contributed by atoms with van der Waals surface area (Å²) in [4.78, 5) is 47.3. The summed E-state index contributed by atoms with van der Waals surface area (Å²) in [6, 6.07) is -1.61. The molecular formula is C15H23NO8. The standard InChI is InChI=1S/C15H23NO8/c1-3-22-11(17)8-9(15(21)23-4-2)12(14(19)20)16-13(18)10-6-5-7-24-10/h9-10,12H,3-8H2,1-2H3,(H,16,18)(H,19,20)/t9-,10+,12+/m1/s1. The van der Waals surface area contributed by atoms with Crippen molar-refractivity contribution in [1.29, 1.82) is 0 Å². The van der Waals surface area contributed by atoms with E-state index < -0.39 is 48.3 Å². The van der Waals surface area contributed by atoms with Crippen molar-refractivity contribution in [3.63, 3.8) is 0 Å². The molecule has 24 heavy (non-hydrogen) atoms. The van der Waals surface area contributed by atoms with Crippen molar-refractivity contribution in [2.24, 2.45) is 5.92 Å². The summed E-state index contributed by atoms with van der Waals surface area (Å²) in [5, 5.41) is 11.7. The third-order valence-electron chi connectivity index (χ3n) is 3.47. The summed E-state index contributed by atoms with van der Waals surface area (Å²) in [7, 11) is 0. The van der Waals surface area contributed by atoms with Crippen LogP contribution in [-0.2, 0) is 33.4 Å². The largest absolute Gasteiger partial charge is 0.480 e. The van der Waals surface area contributed by atoms with Crippen molar-refractivity contribution in [1.82, 2.24) is 5.32 Å². The third-order valence-corrected chi connectivity index (χ3v) is 3.47. The Morgan fingerprint density at radius 3 is 2.38 bits per heavy atom. The lowest BCUT2D eigenvalue weighted by molar-refractivity contribution is -0.160. The molecule has 1 saturated heterocycles. The third kappa shape index (κ3) is 5.80. The molecule has 0 aromatic carbocycles. The van der Waals surface area contributed by atoms with E-state index >= 15 is 0 Å². The molecule has 0 spiro atoms. The molecule has 1 aliphatic rings. The molecular weight excluding hydrogens is 322 g/mol. The average Bonchev–Trinajstić information content (AvgIpc) is 3.05. The predicted octanol–water partition coefficient (Wildman–Crippen LogP) is -0.133. The van der Waals surface area contributed by atoms with Gasteiger partial charge in [-0.3, -0.25) is 14.4 Å². The lowest BCUT2D eigenvalue weighted by Gasteiger charge is -2.23. The Labute approximate surface area is 139 Å². The predicted molar refractivity (Wildman–Crippen MR) is 79.9 cm³/mol. The molecule has 136 valence electrons. The van der Waals surface area contributed by atoms with E-state index in [2.05, 4.69) is 5.32 Å². The minimum Gasteiger partial charge on any atom is -0.480 e. The van der Waals surface area contributed by atoms with E-state index in [1.165, 1.54) is 0 Å². The van der Waals surface area contributed by atoms with Crippen LogP contribution in [0.15, 0.2) is 0 Å². The number of rotatable bonds is 9. The van der Waals surface area contributed by atoms with E-state index in [1.807, 2.05) is 0 Å². The first-order chi connectivity index (χ1) is 11.4. The monoisotopic (exact) mass is 345 g/mol. The van der Waals surface area contributed by atoms with E-state index in [1.54, 1.807) is 13.8 Å². The minimum absolute atomic E-state index is 0.0180. The lowest BCUT2D eigenvalue weighted by Crippen LogP contribution is -2.52. The normalized spacial score (nSPS) is 19.2. The van der Waals surface area contributed by atoms with Gasteiger partial charge in [-0.2, -0.15) is 0 Å². The molecule has 0 radical (unpaired) electrons. The molecule has 1 amide bonds. The fraction of sp³-hybridized carbons (Fsp3) is 0.733. The number of carbonyl (C=O) groups excluding carboxylic acids is 3. The molecule has 0 aliphatic carbocycles. The summed E-state index contributed by atoms with van der Waals surface area (Å²) in [5.74, 6) is -5.08. The summed E-state index contributed by atoms with van der Waals surface area (Å²) < 4.78 is 14.8. The van der Waals surface area contributed by atoms with Crippen LogP contribution in [0.1, 0.15) is 33.1 Å². The highest BCUT2D eigenvalue weighted by Gasteiger charge is 2.39. The summed E-state index contributed by atoms with van der Waals surface area (Å²) in [6.45, 7) is 3.67. The van der Waals surface area contributed by atoms with E-state index in [0.29, 0.717) is 19.4 Å². The molecule has 1 fully saturated rings. The highest BCUT2D eigenvalue weighted by Crippen LogP contribution is 2.17. The highest BCUT2D eigenvalue weighted by atomic mass is 16.5. The average molecular weight is 345 g/mol. The molecule has 0 aromatic heterocycles. The second-order valence-electron chi connectivity index (χ2n) is 5.19. The van der Waals surface area contributed by atoms with Gasteiger partial charge in [-0.05, 0) is 26.7 Å².